The van der Waals surface area contributed by atoms with Crippen molar-refractivity contribution in [3.8, 4) is 5.69 Å². The Morgan fingerprint density at radius 1 is 1.08 bits per heavy atom. The molecule has 1 N–H and O–H groups in total. The van der Waals surface area contributed by atoms with Crippen LogP contribution in [-0.2, 0) is 6.54 Å². The highest BCUT2D eigenvalue weighted by Gasteiger charge is 2.26. The van der Waals surface area contributed by atoms with Crippen LogP contribution in [0.15, 0.2) is 60.2 Å². The molecule has 2 aliphatic heterocycles. The van der Waals surface area contributed by atoms with E-state index in [9.17, 15) is 0 Å². The molecule has 0 unspecified atom stereocenters. The second-order valence-corrected chi connectivity index (χ2v) is 6.76. The Kier molecular flexibility index (Phi) is 3.70. The summed E-state index contributed by atoms with van der Waals surface area (Å²) in [6.45, 7) is 2.65. The van der Waals surface area contributed by atoms with Gasteiger partial charge in [-0.25, -0.2) is 14.7 Å². The SMILES string of the molecule is c1ccc(-n2ncc3c2NC(N2CCC(n4ccnc4)CC2)=NC3)cc1. The molecule has 0 aliphatic carbocycles. The van der Waals surface area contributed by atoms with E-state index < -0.39 is 0 Å². The van der Waals surface area contributed by atoms with E-state index in [0.29, 0.717) is 12.6 Å². The number of hydrogen-bond acceptors (Lipinski definition) is 5. The number of likely N-dealkylation sites (tertiary alicyclic amines) is 1. The standard InChI is InChI=1S/C19H21N7/c1-2-4-17(5-3-1)26-18-15(13-22-26)12-21-19(23-18)24-9-6-16(7-10-24)25-11-8-20-14-25/h1-5,8,11,13-14,16H,6-7,9-10,12H2,(H,21,23). The Balaban J connectivity index is 1.32. The molecule has 3 aromatic rings. The van der Waals surface area contributed by atoms with Crippen molar-refractivity contribution < 1.29 is 0 Å². The fourth-order valence-corrected chi connectivity index (χ4v) is 3.74. The van der Waals surface area contributed by atoms with Gasteiger partial charge in [0.15, 0.2) is 5.96 Å². The Hall–Kier alpha value is -3.09. The molecular formula is C19H21N7. The Labute approximate surface area is 152 Å². The molecule has 0 amide bonds. The molecule has 0 bridgehead atoms. The summed E-state index contributed by atoms with van der Waals surface area (Å²) in [5, 5.41) is 8.07. The van der Waals surface area contributed by atoms with Gasteiger partial charge in [0.1, 0.15) is 5.82 Å². The lowest BCUT2D eigenvalue weighted by Crippen LogP contribution is -2.43. The number of aromatic nitrogens is 4. The molecule has 1 saturated heterocycles. The first-order chi connectivity index (χ1) is 12.9. The van der Waals surface area contributed by atoms with Gasteiger partial charge < -0.3 is 14.8 Å². The van der Waals surface area contributed by atoms with Crippen molar-refractivity contribution in [2.75, 3.05) is 18.4 Å². The first kappa shape index (κ1) is 15.2. The van der Waals surface area contributed by atoms with Crippen molar-refractivity contribution in [3.05, 3.63) is 60.8 Å². The van der Waals surface area contributed by atoms with E-state index in [1.807, 2.05) is 41.6 Å². The monoisotopic (exact) mass is 347 g/mol. The molecule has 0 atom stereocenters. The Morgan fingerprint density at radius 3 is 2.69 bits per heavy atom. The van der Waals surface area contributed by atoms with Gasteiger partial charge in [0.25, 0.3) is 0 Å². The number of anilines is 1. The maximum Gasteiger partial charge on any atom is 0.199 e. The summed E-state index contributed by atoms with van der Waals surface area (Å²) in [4.78, 5) is 11.3. The number of para-hydroxylation sites is 1. The van der Waals surface area contributed by atoms with Gasteiger partial charge in [-0.05, 0) is 25.0 Å². The zero-order valence-electron chi connectivity index (χ0n) is 14.5. The fraction of sp³-hybridized carbons (Fsp3) is 0.316. The highest BCUT2D eigenvalue weighted by molar-refractivity contribution is 5.95. The average molecular weight is 347 g/mol. The zero-order valence-corrected chi connectivity index (χ0v) is 14.5. The smallest absolute Gasteiger partial charge is 0.199 e. The first-order valence-electron chi connectivity index (χ1n) is 9.05. The quantitative estimate of drug-likeness (QED) is 0.774. The molecule has 5 rings (SSSR count). The minimum Gasteiger partial charge on any atom is -0.343 e. The lowest BCUT2D eigenvalue weighted by atomic mass is 10.1. The number of guanidine groups is 1. The highest BCUT2D eigenvalue weighted by atomic mass is 15.4. The molecule has 4 heterocycles. The second kappa shape index (κ2) is 6.33. The van der Waals surface area contributed by atoms with E-state index in [1.165, 1.54) is 0 Å². The van der Waals surface area contributed by atoms with Gasteiger partial charge in [-0.2, -0.15) is 5.10 Å². The van der Waals surface area contributed by atoms with Crippen LogP contribution in [-0.4, -0.2) is 43.3 Å². The summed E-state index contributed by atoms with van der Waals surface area (Å²) in [7, 11) is 0. The predicted molar refractivity (Wildman–Crippen MR) is 100 cm³/mol. The number of rotatable bonds is 2. The minimum atomic E-state index is 0.531. The molecule has 1 aromatic carbocycles. The van der Waals surface area contributed by atoms with E-state index in [2.05, 4.69) is 43.2 Å². The predicted octanol–water partition coefficient (Wildman–Crippen LogP) is 2.69. The van der Waals surface area contributed by atoms with Crippen molar-refractivity contribution in [2.24, 2.45) is 4.99 Å². The fourth-order valence-electron chi connectivity index (χ4n) is 3.74. The highest BCUT2D eigenvalue weighted by Crippen LogP contribution is 2.27. The maximum atomic E-state index is 4.75. The summed E-state index contributed by atoms with van der Waals surface area (Å²) in [5.74, 6) is 1.98. The van der Waals surface area contributed by atoms with E-state index in [4.69, 9.17) is 4.99 Å². The van der Waals surface area contributed by atoms with Crippen molar-refractivity contribution in [3.63, 3.8) is 0 Å². The van der Waals surface area contributed by atoms with E-state index in [-0.39, 0.29) is 0 Å². The topological polar surface area (TPSA) is 63.3 Å². The van der Waals surface area contributed by atoms with Crippen LogP contribution in [0.3, 0.4) is 0 Å². The van der Waals surface area contributed by atoms with Crippen molar-refractivity contribution >= 4 is 11.8 Å². The van der Waals surface area contributed by atoms with E-state index >= 15 is 0 Å². The first-order valence-corrected chi connectivity index (χ1v) is 9.05. The minimum absolute atomic E-state index is 0.531. The summed E-state index contributed by atoms with van der Waals surface area (Å²) >= 11 is 0. The number of hydrogen-bond donors (Lipinski definition) is 1. The second-order valence-electron chi connectivity index (χ2n) is 6.76. The van der Waals surface area contributed by atoms with Gasteiger partial charge in [0.05, 0.1) is 24.8 Å². The lowest BCUT2D eigenvalue weighted by molar-refractivity contribution is 0.265. The summed E-state index contributed by atoms with van der Waals surface area (Å²) in [5.41, 5.74) is 2.19. The summed E-state index contributed by atoms with van der Waals surface area (Å²) in [6, 6.07) is 10.7. The van der Waals surface area contributed by atoms with E-state index in [0.717, 1.165) is 49.0 Å². The third-order valence-electron chi connectivity index (χ3n) is 5.19. The zero-order chi connectivity index (χ0) is 17.3. The van der Waals surface area contributed by atoms with Gasteiger partial charge in [-0.3, -0.25) is 0 Å². The molecule has 2 aliphatic rings. The van der Waals surface area contributed by atoms with Crippen LogP contribution in [0.5, 0.6) is 0 Å². The molecular weight excluding hydrogens is 326 g/mol. The third-order valence-corrected chi connectivity index (χ3v) is 5.19. The summed E-state index contributed by atoms with van der Waals surface area (Å²) in [6.07, 6.45) is 9.93. The van der Waals surface area contributed by atoms with Gasteiger partial charge in [-0.1, -0.05) is 18.2 Å². The molecule has 2 aromatic heterocycles. The van der Waals surface area contributed by atoms with E-state index in [1.54, 1.807) is 0 Å². The molecule has 0 spiro atoms. The normalized spacial score (nSPS) is 17.5. The van der Waals surface area contributed by atoms with Gasteiger partial charge in [-0.15, -0.1) is 0 Å². The van der Waals surface area contributed by atoms with Gasteiger partial charge in [0, 0.05) is 37.1 Å². The molecule has 26 heavy (non-hydrogen) atoms. The number of benzene rings is 1. The van der Waals surface area contributed by atoms with Crippen molar-refractivity contribution in [1.29, 1.82) is 0 Å². The molecule has 7 nitrogen and oxygen atoms in total. The Bertz CT molecular complexity index is 903. The third kappa shape index (κ3) is 2.65. The van der Waals surface area contributed by atoms with Crippen LogP contribution >= 0.6 is 0 Å². The molecule has 1 fully saturated rings. The van der Waals surface area contributed by atoms with Gasteiger partial charge in [0.2, 0.25) is 0 Å². The van der Waals surface area contributed by atoms with Gasteiger partial charge >= 0.3 is 0 Å². The van der Waals surface area contributed by atoms with Crippen LogP contribution in [0.1, 0.15) is 24.4 Å². The molecule has 0 radical (unpaired) electrons. The van der Waals surface area contributed by atoms with Crippen LogP contribution in [0, 0.1) is 0 Å². The van der Waals surface area contributed by atoms with Crippen LogP contribution in [0.25, 0.3) is 5.69 Å². The number of aliphatic imine (C=N–C) groups is 1. The average Bonchev–Trinajstić information content (AvgIpc) is 3.38. The molecule has 0 saturated carbocycles. The van der Waals surface area contributed by atoms with Crippen molar-refractivity contribution in [2.45, 2.75) is 25.4 Å². The van der Waals surface area contributed by atoms with Crippen molar-refractivity contribution in [1.82, 2.24) is 24.2 Å². The van der Waals surface area contributed by atoms with Crippen LogP contribution < -0.4 is 5.32 Å². The molecule has 7 heteroatoms. The number of fused-ring (bicyclic) bond motifs is 1. The lowest BCUT2D eigenvalue weighted by Gasteiger charge is -2.35. The summed E-state index contributed by atoms with van der Waals surface area (Å²) < 4.78 is 4.18. The number of imidazole rings is 1. The van der Waals surface area contributed by atoms with Crippen LogP contribution in [0.4, 0.5) is 5.82 Å². The molecule has 132 valence electrons. The number of nitrogens with zero attached hydrogens (tertiary/aromatic N) is 6. The van der Waals surface area contributed by atoms with Crippen LogP contribution in [0.2, 0.25) is 0 Å². The maximum absolute atomic E-state index is 4.75. The largest absolute Gasteiger partial charge is 0.343 e. The Morgan fingerprint density at radius 2 is 1.92 bits per heavy atom. The number of piperidine rings is 1. The number of nitrogens with one attached hydrogen (secondary N) is 1.